The molecule has 0 spiro atoms. The van der Waals surface area contributed by atoms with Gasteiger partial charge in [0, 0.05) is 30.0 Å². The molecule has 1 aliphatic rings. The van der Waals surface area contributed by atoms with Gasteiger partial charge in [0.25, 0.3) is 0 Å². The van der Waals surface area contributed by atoms with Gasteiger partial charge < -0.3 is 0 Å². The SMILES string of the molecule is Cc1ccc(S(=O)(=O)N2CCC(Cl)CC2)c2cccnc12. The number of piperidine rings is 1. The molecule has 21 heavy (non-hydrogen) atoms. The van der Waals surface area contributed by atoms with Gasteiger partial charge in [-0.05, 0) is 43.5 Å². The average Bonchev–Trinajstić information content (AvgIpc) is 2.48. The van der Waals surface area contributed by atoms with Crippen molar-refractivity contribution in [2.24, 2.45) is 0 Å². The van der Waals surface area contributed by atoms with Gasteiger partial charge in [0.05, 0.1) is 10.4 Å². The first-order chi connectivity index (χ1) is 10.00. The third-order valence-corrected chi connectivity index (χ3v) is 6.33. The van der Waals surface area contributed by atoms with E-state index in [4.69, 9.17) is 11.6 Å². The van der Waals surface area contributed by atoms with Crippen molar-refractivity contribution >= 4 is 32.5 Å². The van der Waals surface area contributed by atoms with Crippen LogP contribution in [-0.4, -0.2) is 36.2 Å². The maximum Gasteiger partial charge on any atom is 0.243 e. The normalized spacial score (nSPS) is 18.2. The highest BCUT2D eigenvalue weighted by Gasteiger charge is 2.30. The molecule has 0 radical (unpaired) electrons. The Kier molecular flexibility index (Phi) is 3.90. The van der Waals surface area contributed by atoms with E-state index in [1.54, 1.807) is 18.3 Å². The second-order valence-electron chi connectivity index (χ2n) is 5.36. The topological polar surface area (TPSA) is 50.3 Å². The smallest absolute Gasteiger partial charge is 0.243 e. The van der Waals surface area contributed by atoms with E-state index in [0.29, 0.717) is 36.2 Å². The number of hydrogen-bond donors (Lipinski definition) is 0. The summed E-state index contributed by atoms with van der Waals surface area (Å²) in [5.74, 6) is 0. The first kappa shape index (κ1) is 14.8. The molecule has 0 saturated carbocycles. The van der Waals surface area contributed by atoms with Crippen molar-refractivity contribution in [2.75, 3.05) is 13.1 Å². The maximum atomic E-state index is 12.9. The summed E-state index contributed by atoms with van der Waals surface area (Å²) >= 11 is 6.06. The molecule has 0 aliphatic carbocycles. The molecule has 1 fully saturated rings. The fraction of sp³-hybridized carbons (Fsp3) is 0.400. The van der Waals surface area contributed by atoms with E-state index >= 15 is 0 Å². The van der Waals surface area contributed by atoms with Crippen molar-refractivity contribution in [2.45, 2.75) is 30.0 Å². The molecule has 112 valence electrons. The number of benzene rings is 1. The zero-order valence-corrected chi connectivity index (χ0v) is 13.4. The van der Waals surface area contributed by atoms with Crippen LogP contribution in [-0.2, 0) is 10.0 Å². The Morgan fingerprint density at radius 1 is 1.24 bits per heavy atom. The van der Waals surface area contributed by atoms with Gasteiger partial charge >= 0.3 is 0 Å². The fourth-order valence-corrected chi connectivity index (χ4v) is 4.56. The monoisotopic (exact) mass is 324 g/mol. The lowest BCUT2D eigenvalue weighted by molar-refractivity contribution is 0.350. The van der Waals surface area contributed by atoms with Crippen LogP contribution in [0.3, 0.4) is 0 Å². The van der Waals surface area contributed by atoms with Crippen LogP contribution in [0.1, 0.15) is 18.4 Å². The number of rotatable bonds is 2. The molecule has 1 saturated heterocycles. The minimum atomic E-state index is -3.49. The number of alkyl halides is 1. The number of pyridine rings is 1. The number of fused-ring (bicyclic) bond motifs is 1. The highest BCUT2D eigenvalue weighted by Crippen LogP contribution is 2.29. The molecule has 0 unspecified atom stereocenters. The Balaban J connectivity index is 2.09. The predicted molar refractivity (Wildman–Crippen MR) is 84.1 cm³/mol. The minimum Gasteiger partial charge on any atom is -0.256 e. The first-order valence-corrected chi connectivity index (χ1v) is 8.86. The first-order valence-electron chi connectivity index (χ1n) is 6.99. The van der Waals surface area contributed by atoms with Crippen molar-refractivity contribution in [3.8, 4) is 0 Å². The second-order valence-corrected chi connectivity index (χ2v) is 7.88. The quantitative estimate of drug-likeness (QED) is 0.798. The van der Waals surface area contributed by atoms with E-state index < -0.39 is 10.0 Å². The van der Waals surface area contributed by atoms with Gasteiger partial charge in [0.2, 0.25) is 10.0 Å². The number of aromatic nitrogens is 1. The van der Waals surface area contributed by atoms with E-state index in [0.717, 1.165) is 11.1 Å². The second kappa shape index (κ2) is 5.55. The molecule has 0 N–H and O–H groups in total. The summed E-state index contributed by atoms with van der Waals surface area (Å²) in [7, 11) is -3.49. The summed E-state index contributed by atoms with van der Waals surface area (Å²) in [6, 6.07) is 7.08. The summed E-state index contributed by atoms with van der Waals surface area (Å²) in [5, 5.41) is 0.762. The van der Waals surface area contributed by atoms with Gasteiger partial charge in [0.1, 0.15) is 0 Å². The summed E-state index contributed by atoms with van der Waals surface area (Å²) in [4.78, 5) is 4.65. The number of aryl methyl sites for hydroxylation is 1. The van der Waals surface area contributed by atoms with Crippen LogP contribution >= 0.6 is 11.6 Å². The molecule has 1 aliphatic heterocycles. The number of nitrogens with zero attached hydrogens (tertiary/aromatic N) is 2. The van der Waals surface area contributed by atoms with Gasteiger partial charge in [-0.2, -0.15) is 4.31 Å². The van der Waals surface area contributed by atoms with Crippen molar-refractivity contribution < 1.29 is 8.42 Å². The Morgan fingerprint density at radius 2 is 1.95 bits per heavy atom. The number of halogens is 1. The Morgan fingerprint density at radius 3 is 2.67 bits per heavy atom. The van der Waals surface area contributed by atoms with Crippen LogP contribution in [0, 0.1) is 6.92 Å². The van der Waals surface area contributed by atoms with Crippen LogP contribution in [0.25, 0.3) is 10.9 Å². The van der Waals surface area contributed by atoms with Crippen LogP contribution in [0.2, 0.25) is 0 Å². The van der Waals surface area contributed by atoms with Gasteiger partial charge in [-0.25, -0.2) is 8.42 Å². The molecule has 1 aromatic carbocycles. The summed E-state index contributed by atoms with van der Waals surface area (Å²) in [6.45, 7) is 2.89. The molecule has 1 aromatic heterocycles. The molecule has 2 heterocycles. The van der Waals surface area contributed by atoms with E-state index in [2.05, 4.69) is 4.98 Å². The fourth-order valence-electron chi connectivity index (χ4n) is 2.72. The van der Waals surface area contributed by atoms with Crippen molar-refractivity contribution in [1.29, 1.82) is 0 Å². The standard InChI is InChI=1S/C15H17ClN2O2S/c1-11-4-5-14(13-3-2-8-17-15(11)13)21(19,20)18-9-6-12(16)7-10-18/h2-5,8,12H,6-7,9-10H2,1H3. The number of sulfonamides is 1. The zero-order chi connectivity index (χ0) is 15.0. The van der Waals surface area contributed by atoms with Crippen LogP contribution in [0.5, 0.6) is 0 Å². The Bertz CT molecular complexity index is 768. The molecule has 3 rings (SSSR count). The third kappa shape index (κ3) is 2.65. The predicted octanol–water partition coefficient (Wildman–Crippen LogP) is 2.94. The highest BCUT2D eigenvalue weighted by atomic mass is 35.5. The summed E-state index contributed by atoms with van der Waals surface area (Å²) in [6.07, 6.45) is 3.08. The zero-order valence-electron chi connectivity index (χ0n) is 11.8. The minimum absolute atomic E-state index is 0.0767. The van der Waals surface area contributed by atoms with Crippen molar-refractivity contribution in [1.82, 2.24) is 9.29 Å². The van der Waals surface area contributed by atoms with Crippen molar-refractivity contribution in [3.05, 3.63) is 36.0 Å². The van der Waals surface area contributed by atoms with E-state index in [9.17, 15) is 8.42 Å². The highest BCUT2D eigenvalue weighted by molar-refractivity contribution is 7.89. The summed E-state index contributed by atoms with van der Waals surface area (Å²) < 4.78 is 27.3. The van der Waals surface area contributed by atoms with Crippen molar-refractivity contribution in [3.63, 3.8) is 0 Å². The molecular weight excluding hydrogens is 308 g/mol. The maximum absolute atomic E-state index is 12.9. The molecule has 0 amide bonds. The molecule has 6 heteroatoms. The average molecular weight is 325 g/mol. The van der Waals surface area contributed by atoms with Gasteiger partial charge in [-0.15, -0.1) is 11.6 Å². The lowest BCUT2D eigenvalue weighted by Gasteiger charge is -2.28. The lowest BCUT2D eigenvalue weighted by Crippen LogP contribution is -2.38. The van der Waals surface area contributed by atoms with E-state index in [-0.39, 0.29) is 5.38 Å². The van der Waals surface area contributed by atoms with Gasteiger partial charge in [-0.1, -0.05) is 6.07 Å². The molecule has 2 aromatic rings. The Hall–Kier alpha value is -1.17. The van der Waals surface area contributed by atoms with Crippen LogP contribution in [0.4, 0.5) is 0 Å². The lowest BCUT2D eigenvalue weighted by atomic mass is 10.1. The third-order valence-electron chi connectivity index (χ3n) is 3.93. The van der Waals surface area contributed by atoms with Gasteiger partial charge in [0.15, 0.2) is 0 Å². The Labute approximate surface area is 129 Å². The van der Waals surface area contributed by atoms with E-state index in [1.807, 2.05) is 19.1 Å². The number of hydrogen-bond acceptors (Lipinski definition) is 3. The van der Waals surface area contributed by atoms with E-state index in [1.165, 1.54) is 4.31 Å². The van der Waals surface area contributed by atoms with Gasteiger partial charge in [-0.3, -0.25) is 4.98 Å². The van der Waals surface area contributed by atoms with Crippen LogP contribution in [0.15, 0.2) is 35.4 Å². The van der Waals surface area contributed by atoms with Crippen LogP contribution < -0.4 is 0 Å². The summed E-state index contributed by atoms with van der Waals surface area (Å²) in [5.41, 5.74) is 1.72. The molecular formula is C15H17ClN2O2S. The molecule has 4 nitrogen and oxygen atoms in total. The molecule has 0 atom stereocenters. The molecule has 0 bridgehead atoms. The largest absolute Gasteiger partial charge is 0.256 e.